The molecule has 5 amide bonds. The van der Waals surface area contributed by atoms with Gasteiger partial charge in [-0.2, -0.15) is 0 Å². The first-order chi connectivity index (χ1) is 39.2. The molecule has 83 heavy (non-hydrogen) atoms. The van der Waals surface area contributed by atoms with Crippen molar-refractivity contribution >= 4 is 53.6 Å². The Labute approximate surface area is 486 Å². The summed E-state index contributed by atoms with van der Waals surface area (Å²) in [6.45, 7) is 15.3. The SMILES string of the molecule is CCC(C)[C@@H]([C@@H](CC(=O)N1CCC[C@H]1[C@H](OC)[C@@H](C)C(=O)N[C@H](Cc1ccc(O[C@H]2O[C@@H](C(=O)OC)[C@H](O)[C@@H](OC(C)=O)[C@@H]2OC(C)=O)cc1)C(=O)OC)OC)N(C)C(=O)[C@@H](NC(=O)[C@H](C(C)C)N(C)C(=O)OCc1ccccc1)C(C)C. The van der Waals surface area contributed by atoms with Gasteiger partial charge in [0.1, 0.15) is 36.6 Å². The molecule has 2 saturated heterocycles. The van der Waals surface area contributed by atoms with Crippen molar-refractivity contribution in [3.05, 3.63) is 65.7 Å². The van der Waals surface area contributed by atoms with Crippen molar-refractivity contribution in [2.45, 2.75) is 174 Å². The van der Waals surface area contributed by atoms with E-state index in [9.17, 15) is 48.3 Å². The van der Waals surface area contributed by atoms with Crippen LogP contribution in [0.25, 0.3) is 0 Å². The summed E-state index contributed by atoms with van der Waals surface area (Å²) in [5, 5.41) is 16.6. The van der Waals surface area contributed by atoms with Crippen LogP contribution in [-0.4, -0.2) is 196 Å². The fraction of sp³-hybridized carbons (Fsp3) is 0.644. The van der Waals surface area contributed by atoms with Crippen LogP contribution in [0.4, 0.5) is 4.79 Å². The number of hydrogen-bond acceptors (Lipinski definition) is 19. The number of likely N-dealkylation sites (tertiary alicyclic amines) is 1. The second-order valence-electron chi connectivity index (χ2n) is 21.8. The Kier molecular flexibility index (Phi) is 26.7. The summed E-state index contributed by atoms with van der Waals surface area (Å²) in [4.78, 5) is 125. The van der Waals surface area contributed by atoms with Crippen LogP contribution < -0.4 is 15.4 Å². The first-order valence-corrected chi connectivity index (χ1v) is 28.0. The zero-order chi connectivity index (χ0) is 62.0. The molecular formula is C59H87N5O19. The fourth-order valence-electron chi connectivity index (χ4n) is 10.7. The molecule has 0 aliphatic carbocycles. The normalized spacial score (nSPS) is 21.6. The number of aliphatic hydroxyl groups excluding tert-OH is 1. The minimum absolute atomic E-state index is 0.0142. The summed E-state index contributed by atoms with van der Waals surface area (Å²) >= 11 is 0. The monoisotopic (exact) mass is 1170 g/mol. The average Bonchev–Trinajstić information content (AvgIpc) is 3.94. The number of aliphatic hydroxyl groups is 1. The molecule has 24 heteroatoms. The third-order valence-electron chi connectivity index (χ3n) is 15.3. The Balaban J connectivity index is 1.47. The molecule has 0 radical (unpaired) electrons. The van der Waals surface area contributed by atoms with Crippen molar-refractivity contribution in [1.29, 1.82) is 0 Å². The second-order valence-corrected chi connectivity index (χ2v) is 21.8. The first kappa shape index (κ1) is 68.6. The highest BCUT2D eigenvalue weighted by molar-refractivity contribution is 5.92. The van der Waals surface area contributed by atoms with Crippen molar-refractivity contribution in [3.63, 3.8) is 0 Å². The van der Waals surface area contributed by atoms with Crippen LogP contribution in [0, 0.1) is 23.7 Å². The van der Waals surface area contributed by atoms with Crippen LogP contribution in [0.5, 0.6) is 5.75 Å². The number of amides is 5. The van der Waals surface area contributed by atoms with E-state index in [1.807, 2.05) is 58.0 Å². The fourth-order valence-corrected chi connectivity index (χ4v) is 10.7. The van der Waals surface area contributed by atoms with Crippen molar-refractivity contribution in [1.82, 2.24) is 25.3 Å². The van der Waals surface area contributed by atoms with Gasteiger partial charge in [0.05, 0.1) is 50.8 Å². The molecular weight excluding hydrogens is 1080 g/mol. The lowest BCUT2D eigenvalue weighted by Crippen LogP contribution is -2.63. The molecule has 2 aliphatic heterocycles. The minimum Gasteiger partial charge on any atom is -0.467 e. The number of benzene rings is 2. The smallest absolute Gasteiger partial charge is 0.410 e. The molecule has 2 fully saturated rings. The Bertz CT molecular complexity index is 2500. The number of methoxy groups -OCH3 is 4. The second kappa shape index (κ2) is 32.2. The number of likely N-dealkylation sites (N-methyl/N-ethyl adjacent to an activating group) is 2. The van der Waals surface area contributed by atoms with Crippen LogP contribution in [0.15, 0.2) is 54.6 Å². The van der Waals surface area contributed by atoms with E-state index in [-0.39, 0.29) is 48.9 Å². The van der Waals surface area contributed by atoms with Crippen LogP contribution in [-0.2, 0) is 89.3 Å². The van der Waals surface area contributed by atoms with E-state index in [1.165, 1.54) is 45.4 Å². The predicted molar refractivity (Wildman–Crippen MR) is 298 cm³/mol. The molecule has 24 nitrogen and oxygen atoms in total. The van der Waals surface area contributed by atoms with Crippen LogP contribution in [0.1, 0.15) is 99.1 Å². The number of carbonyl (C=O) groups excluding carboxylic acids is 9. The van der Waals surface area contributed by atoms with E-state index in [4.69, 9.17) is 42.6 Å². The Morgan fingerprint density at radius 3 is 1.93 bits per heavy atom. The Morgan fingerprint density at radius 2 is 1.39 bits per heavy atom. The highest BCUT2D eigenvalue weighted by Crippen LogP contribution is 2.32. The van der Waals surface area contributed by atoms with E-state index < -0.39 is 127 Å². The number of hydrogen-bond donors (Lipinski definition) is 3. The molecule has 14 atom stereocenters. The number of nitrogens with zero attached hydrogens (tertiary/aromatic N) is 3. The molecule has 3 N–H and O–H groups in total. The number of rotatable bonds is 28. The van der Waals surface area contributed by atoms with Crippen molar-refractivity contribution in [3.8, 4) is 5.75 Å². The third-order valence-corrected chi connectivity index (χ3v) is 15.3. The van der Waals surface area contributed by atoms with Crippen molar-refractivity contribution in [2.75, 3.05) is 49.1 Å². The van der Waals surface area contributed by atoms with Crippen molar-refractivity contribution < 1.29 is 90.9 Å². The van der Waals surface area contributed by atoms with E-state index in [0.29, 0.717) is 31.4 Å². The summed E-state index contributed by atoms with van der Waals surface area (Å²) in [7, 11) is 8.28. The Hall–Kier alpha value is -6.89. The summed E-state index contributed by atoms with van der Waals surface area (Å²) in [6.07, 6.45) is -9.00. The van der Waals surface area contributed by atoms with Gasteiger partial charge in [-0.1, -0.05) is 97.4 Å². The zero-order valence-corrected chi connectivity index (χ0v) is 50.5. The number of ether oxygens (including phenoxy) is 9. The number of carbonyl (C=O) groups is 9. The first-order valence-electron chi connectivity index (χ1n) is 28.0. The topological polar surface area (TPSA) is 291 Å². The maximum absolute atomic E-state index is 14.7. The van der Waals surface area contributed by atoms with Gasteiger partial charge in [-0.05, 0) is 53.9 Å². The van der Waals surface area contributed by atoms with Gasteiger partial charge < -0.3 is 68.2 Å². The zero-order valence-electron chi connectivity index (χ0n) is 50.5. The van der Waals surface area contributed by atoms with Gasteiger partial charge >= 0.3 is 30.0 Å². The van der Waals surface area contributed by atoms with E-state index in [2.05, 4.69) is 10.6 Å². The highest BCUT2D eigenvalue weighted by atomic mass is 16.7. The highest BCUT2D eigenvalue weighted by Gasteiger charge is 2.54. The van der Waals surface area contributed by atoms with Gasteiger partial charge in [-0.3, -0.25) is 33.7 Å². The maximum Gasteiger partial charge on any atom is 0.410 e. The molecule has 462 valence electrons. The van der Waals surface area contributed by atoms with Gasteiger partial charge in [0.2, 0.25) is 36.0 Å². The summed E-state index contributed by atoms with van der Waals surface area (Å²) < 4.78 is 49.7. The van der Waals surface area contributed by atoms with Gasteiger partial charge in [-0.15, -0.1) is 0 Å². The van der Waals surface area contributed by atoms with Crippen LogP contribution in [0.3, 0.4) is 0 Å². The minimum atomic E-state index is -1.79. The molecule has 2 aromatic carbocycles. The maximum atomic E-state index is 14.7. The quantitative estimate of drug-likeness (QED) is 0.0808. The van der Waals surface area contributed by atoms with E-state index in [1.54, 1.807) is 49.8 Å². The third kappa shape index (κ3) is 18.3. The summed E-state index contributed by atoms with van der Waals surface area (Å²) in [5.74, 6) is -6.94. The van der Waals surface area contributed by atoms with Gasteiger partial charge in [0.15, 0.2) is 12.2 Å². The van der Waals surface area contributed by atoms with E-state index in [0.717, 1.165) is 26.5 Å². The molecule has 0 bridgehead atoms. The lowest BCUT2D eigenvalue weighted by Gasteiger charge is -2.41. The van der Waals surface area contributed by atoms with Gasteiger partial charge in [0.25, 0.3) is 0 Å². The number of nitrogens with one attached hydrogen (secondary N) is 2. The standard InChI is InChI=1S/C59H87N5O19/c1-16-34(6)47(62(10)55(71)45(32(2)3)61-54(70)46(33(4)5)63(11)59(74)79-31-39-21-18-17-19-22-39)43(75-12)30-44(67)64-28-20-23-42(64)49(76-13)35(7)53(69)60-41(56(72)77-14)29-38-24-26-40(27-25-38)82-58-52(81-37(9)66)50(80-36(8)65)48(68)51(83-58)57(73)78-15/h17-19,21-22,24-27,32-35,41-43,45-52,58,68H,16,20,23,28-31H2,1-15H3,(H,60,69)(H,61,70)/t34?,35-,41-,42+,43-,45+,46+,47+,48-,49-,50-,51-,52+,58+/m1/s1. The molecule has 0 spiro atoms. The molecule has 2 aliphatic rings. The molecule has 1 unspecified atom stereocenters. The molecule has 0 aromatic heterocycles. The van der Waals surface area contributed by atoms with Crippen LogP contribution in [0.2, 0.25) is 0 Å². The average molecular weight is 1170 g/mol. The van der Waals surface area contributed by atoms with Gasteiger partial charge in [0, 0.05) is 55.1 Å². The lowest BCUT2D eigenvalue weighted by atomic mass is 9.89. The van der Waals surface area contributed by atoms with Crippen molar-refractivity contribution in [2.24, 2.45) is 23.7 Å². The molecule has 0 saturated carbocycles. The Morgan fingerprint density at radius 1 is 0.759 bits per heavy atom. The summed E-state index contributed by atoms with van der Waals surface area (Å²) in [6, 6.07) is 10.9. The predicted octanol–water partition coefficient (Wildman–Crippen LogP) is 3.74. The molecule has 2 heterocycles. The summed E-state index contributed by atoms with van der Waals surface area (Å²) in [5.41, 5.74) is 1.31. The largest absolute Gasteiger partial charge is 0.467 e. The lowest BCUT2D eigenvalue weighted by molar-refractivity contribution is -0.279. The molecule has 4 rings (SSSR count). The van der Waals surface area contributed by atoms with Crippen LogP contribution >= 0.6 is 0 Å². The number of esters is 4. The van der Waals surface area contributed by atoms with E-state index >= 15 is 0 Å². The van der Waals surface area contributed by atoms with Gasteiger partial charge in [-0.25, -0.2) is 14.4 Å². The molecule has 2 aromatic rings.